The largest absolute Gasteiger partial charge is 0.490 e. The lowest BCUT2D eigenvalue weighted by molar-refractivity contribution is 0.287. The molecule has 0 aromatic heterocycles. The molecule has 1 aromatic rings. The Morgan fingerprint density at radius 2 is 1.63 bits per heavy atom. The summed E-state index contributed by atoms with van der Waals surface area (Å²) in [6.45, 7) is 5.89. The van der Waals surface area contributed by atoms with Crippen LogP contribution in [-0.2, 0) is 6.42 Å². The average molecular weight is 286 g/mol. The van der Waals surface area contributed by atoms with Gasteiger partial charge in [-0.05, 0) is 51.3 Å². The Bertz CT molecular complexity index is 383. The maximum atomic E-state index is 6.29. The maximum absolute atomic E-state index is 6.29. The summed E-state index contributed by atoms with van der Waals surface area (Å²) in [7, 11) is 0. The fourth-order valence-corrected chi connectivity index (χ4v) is 2.19. The van der Waals surface area contributed by atoms with Crippen LogP contribution in [0, 0.1) is 0 Å². The van der Waals surface area contributed by atoms with Gasteiger partial charge in [-0.3, -0.25) is 0 Å². The van der Waals surface area contributed by atoms with E-state index in [2.05, 4.69) is 0 Å². The van der Waals surface area contributed by atoms with Crippen LogP contribution < -0.4 is 15.2 Å². The molecule has 0 saturated heterocycles. The number of hydrogen-bond acceptors (Lipinski definition) is 3. The van der Waals surface area contributed by atoms with Crippen molar-refractivity contribution < 1.29 is 9.47 Å². The second-order valence-corrected chi connectivity index (χ2v) is 4.76. The summed E-state index contributed by atoms with van der Waals surface area (Å²) < 4.78 is 11.2. The second-order valence-electron chi connectivity index (χ2n) is 4.36. The predicted octanol–water partition coefficient (Wildman–Crippen LogP) is 3.81. The van der Waals surface area contributed by atoms with Crippen LogP contribution in [0.2, 0.25) is 5.02 Å². The van der Waals surface area contributed by atoms with Gasteiger partial charge in [-0.15, -0.1) is 0 Å². The van der Waals surface area contributed by atoms with E-state index >= 15 is 0 Å². The standard InChI is InChI=1S/C15H24ClNO2/c1-3-18-14-10-12(8-6-5-7-9-17)13(16)11-15(14)19-4-2/h10-11H,3-9,17H2,1-2H3. The van der Waals surface area contributed by atoms with Crippen molar-refractivity contribution >= 4 is 11.6 Å². The molecule has 0 atom stereocenters. The molecule has 108 valence electrons. The van der Waals surface area contributed by atoms with E-state index < -0.39 is 0 Å². The normalized spacial score (nSPS) is 10.5. The zero-order valence-corrected chi connectivity index (χ0v) is 12.6. The molecule has 19 heavy (non-hydrogen) atoms. The monoisotopic (exact) mass is 285 g/mol. The second kappa shape index (κ2) is 9.05. The first-order valence-electron chi connectivity index (χ1n) is 7.01. The zero-order chi connectivity index (χ0) is 14.1. The third-order valence-corrected chi connectivity index (χ3v) is 3.21. The van der Waals surface area contributed by atoms with Gasteiger partial charge in [0.1, 0.15) is 0 Å². The van der Waals surface area contributed by atoms with Crippen LogP contribution in [0.5, 0.6) is 11.5 Å². The number of unbranched alkanes of at least 4 members (excludes halogenated alkanes) is 2. The Kier molecular flexibility index (Phi) is 7.68. The van der Waals surface area contributed by atoms with E-state index in [9.17, 15) is 0 Å². The highest BCUT2D eigenvalue weighted by molar-refractivity contribution is 6.31. The minimum absolute atomic E-state index is 0.603. The third-order valence-electron chi connectivity index (χ3n) is 2.86. The molecule has 0 amide bonds. The van der Waals surface area contributed by atoms with Crippen molar-refractivity contribution in [2.45, 2.75) is 39.5 Å². The first-order chi connectivity index (χ1) is 9.22. The molecule has 0 aliphatic heterocycles. The Morgan fingerprint density at radius 1 is 1.00 bits per heavy atom. The summed E-state index contributed by atoms with van der Waals surface area (Å²) in [6.07, 6.45) is 4.23. The number of ether oxygens (including phenoxy) is 2. The Morgan fingerprint density at radius 3 is 2.21 bits per heavy atom. The van der Waals surface area contributed by atoms with Crippen molar-refractivity contribution in [1.82, 2.24) is 0 Å². The van der Waals surface area contributed by atoms with E-state index in [0.29, 0.717) is 13.2 Å². The number of halogens is 1. The van der Waals surface area contributed by atoms with Crippen molar-refractivity contribution in [3.63, 3.8) is 0 Å². The molecular formula is C15H24ClNO2. The summed E-state index contributed by atoms with van der Waals surface area (Å²) in [5.74, 6) is 1.50. The number of aryl methyl sites for hydroxylation is 1. The summed E-state index contributed by atoms with van der Waals surface area (Å²) in [5.41, 5.74) is 6.61. The molecule has 0 aliphatic carbocycles. The molecule has 0 bridgehead atoms. The van der Waals surface area contributed by atoms with E-state index in [1.165, 1.54) is 0 Å². The molecule has 0 saturated carbocycles. The van der Waals surface area contributed by atoms with E-state index in [4.69, 9.17) is 26.8 Å². The van der Waals surface area contributed by atoms with E-state index in [0.717, 1.165) is 54.3 Å². The minimum Gasteiger partial charge on any atom is -0.490 e. The van der Waals surface area contributed by atoms with Crippen LogP contribution in [-0.4, -0.2) is 19.8 Å². The van der Waals surface area contributed by atoms with Gasteiger partial charge in [-0.1, -0.05) is 18.0 Å². The van der Waals surface area contributed by atoms with E-state index in [1.54, 1.807) is 0 Å². The maximum Gasteiger partial charge on any atom is 0.162 e. The SMILES string of the molecule is CCOc1cc(Cl)c(CCCCCN)cc1OCC. The van der Waals surface area contributed by atoms with Gasteiger partial charge >= 0.3 is 0 Å². The summed E-state index contributed by atoms with van der Waals surface area (Å²) in [4.78, 5) is 0. The molecular weight excluding hydrogens is 262 g/mol. The molecule has 0 unspecified atom stereocenters. The van der Waals surface area contributed by atoms with Gasteiger partial charge in [0, 0.05) is 11.1 Å². The Hall–Kier alpha value is -0.930. The first kappa shape index (κ1) is 16.1. The summed E-state index contributed by atoms with van der Waals surface area (Å²) in [6, 6.07) is 3.85. The van der Waals surface area contributed by atoms with Crippen molar-refractivity contribution in [3.8, 4) is 11.5 Å². The number of hydrogen-bond donors (Lipinski definition) is 1. The van der Waals surface area contributed by atoms with Gasteiger partial charge in [0.2, 0.25) is 0 Å². The van der Waals surface area contributed by atoms with Crippen LogP contribution in [0.15, 0.2) is 12.1 Å². The van der Waals surface area contributed by atoms with Crippen molar-refractivity contribution in [3.05, 3.63) is 22.7 Å². The van der Waals surface area contributed by atoms with E-state index in [1.807, 2.05) is 26.0 Å². The number of rotatable bonds is 9. The predicted molar refractivity (Wildman–Crippen MR) is 80.4 cm³/mol. The van der Waals surface area contributed by atoms with Gasteiger partial charge in [0.25, 0.3) is 0 Å². The molecule has 0 radical (unpaired) electrons. The van der Waals surface area contributed by atoms with Crippen LogP contribution in [0.4, 0.5) is 0 Å². The molecule has 0 heterocycles. The van der Waals surface area contributed by atoms with E-state index in [-0.39, 0.29) is 0 Å². The first-order valence-corrected chi connectivity index (χ1v) is 7.38. The van der Waals surface area contributed by atoms with Crippen LogP contribution >= 0.6 is 11.6 Å². The lowest BCUT2D eigenvalue weighted by Crippen LogP contribution is -2.01. The number of benzene rings is 1. The fraction of sp³-hybridized carbons (Fsp3) is 0.600. The smallest absolute Gasteiger partial charge is 0.162 e. The molecule has 3 nitrogen and oxygen atoms in total. The fourth-order valence-electron chi connectivity index (χ4n) is 1.94. The third kappa shape index (κ3) is 5.29. The number of nitrogens with two attached hydrogens (primary N) is 1. The summed E-state index contributed by atoms with van der Waals surface area (Å²) >= 11 is 6.29. The lowest BCUT2D eigenvalue weighted by atomic mass is 10.1. The molecule has 0 spiro atoms. The van der Waals surface area contributed by atoms with Crippen LogP contribution in [0.1, 0.15) is 38.7 Å². The Labute approximate surface area is 121 Å². The van der Waals surface area contributed by atoms with Crippen molar-refractivity contribution in [1.29, 1.82) is 0 Å². The molecule has 0 aliphatic rings. The topological polar surface area (TPSA) is 44.5 Å². The Balaban J connectivity index is 2.77. The highest BCUT2D eigenvalue weighted by atomic mass is 35.5. The summed E-state index contributed by atoms with van der Waals surface area (Å²) in [5, 5.41) is 0.750. The van der Waals surface area contributed by atoms with Crippen LogP contribution in [0.25, 0.3) is 0 Å². The quantitative estimate of drug-likeness (QED) is 0.702. The highest BCUT2D eigenvalue weighted by Crippen LogP contribution is 2.34. The van der Waals surface area contributed by atoms with Gasteiger partial charge in [-0.2, -0.15) is 0 Å². The molecule has 4 heteroatoms. The molecule has 1 rings (SSSR count). The average Bonchev–Trinajstić information content (AvgIpc) is 2.39. The molecule has 0 fully saturated rings. The van der Waals surface area contributed by atoms with Gasteiger partial charge in [0.15, 0.2) is 11.5 Å². The molecule has 2 N–H and O–H groups in total. The highest BCUT2D eigenvalue weighted by Gasteiger charge is 2.10. The van der Waals surface area contributed by atoms with Crippen molar-refractivity contribution in [2.24, 2.45) is 5.73 Å². The van der Waals surface area contributed by atoms with Gasteiger partial charge in [0.05, 0.1) is 13.2 Å². The lowest BCUT2D eigenvalue weighted by Gasteiger charge is -2.14. The van der Waals surface area contributed by atoms with Crippen LogP contribution in [0.3, 0.4) is 0 Å². The van der Waals surface area contributed by atoms with Crippen molar-refractivity contribution in [2.75, 3.05) is 19.8 Å². The van der Waals surface area contributed by atoms with Gasteiger partial charge < -0.3 is 15.2 Å². The minimum atomic E-state index is 0.603. The van der Waals surface area contributed by atoms with Gasteiger partial charge in [-0.25, -0.2) is 0 Å². The zero-order valence-electron chi connectivity index (χ0n) is 11.9. The molecule has 1 aromatic carbocycles.